The van der Waals surface area contributed by atoms with Crippen LogP contribution in [-0.4, -0.2) is 62.2 Å². The van der Waals surface area contributed by atoms with Gasteiger partial charge in [-0.2, -0.15) is 0 Å². The van der Waals surface area contributed by atoms with Crippen molar-refractivity contribution in [2.45, 2.75) is 70.4 Å². The van der Waals surface area contributed by atoms with Gasteiger partial charge >= 0.3 is 0 Å². The first kappa shape index (κ1) is 26.0. The van der Waals surface area contributed by atoms with Crippen molar-refractivity contribution in [3.63, 3.8) is 0 Å². The Hall–Kier alpha value is -1.29. The number of aliphatic imine (C=N–C) groups is 1. The highest BCUT2D eigenvalue weighted by Crippen LogP contribution is 2.23. The van der Waals surface area contributed by atoms with Crippen LogP contribution in [0.15, 0.2) is 27.8 Å². The van der Waals surface area contributed by atoms with Gasteiger partial charge in [-0.3, -0.25) is 9.79 Å². The van der Waals surface area contributed by atoms with Gasteiger partial charge in [-0.1, -0.05) is 19.8 Å². The van der Waals surface area contributed by atoms with Crippen molar-refractivity contribution in [1.29, 1.82) is 0 Å². The highest BCUT2D eigenvalue weighted by molar-refractivity contribution is 14.0. The minimum absolute atomic E-state index is 0. The number of guanidine groups is 1. The van der Waals surface area contributed by atoms with Crippen molar-refractivity contribution < 1.29 is 13.9 Å². The first-order chi connectivity index (χ1) is 14.7. The molecule has 8 heteroatoms. The smallest absolute Gasteiger partial charge is 0.224 e. The number of halogens is 1. The van der Waals surface area contributed by atoms with Gasteiger partial charge in [0.1, 0.15) is 5.76 Å². The number of carbonyl (C=O) groups excluding carboxylic acids is 1. The quantitative estimate of drug-likeness (QED) is 0.296. The zero-order valence-corrected chi connectivity index (χ0v) is 21.3. The summed E-state index contributed by atoms with van der Waals surface area (Å²) in [5.41, 5.74) is 0. The van der Waals surface area contributed by atoms with Gasteiger partial charge in [0.25, 0.3) is 0 Å². The van der Waals surface area contributed by atoms with E-state index in [1.165, 1.54) is 25.7 Å². The van der Waals surface area contributed by atoms with Gasteiger partial charge in [0.2, 0.25) is 5.91 Å². The second-order valence-corrected chi connectivity index (χ2v) is 8.61. The molecular weight excluding hydrogens is 507 g/mol. The minimum atomic E-state index is 0. The average molecular weight is 546 g/mol. The number of nitrogens with zero attached hydrogens (tertiary/aromatic N) is 2. The fourth-order valence-electron chi connectivity index (χ4n) is 4.39. The lowest BCUT2D eigenvalue weighted by atomic mass is 9.86. The van der Waals surface area contributed by atoms with Gasteiger partial charge in [-0.25, -0.2) is 0 Å². The van der Waals surface area contributed by atoms with E-state index in [1.807, 2.05) is 17.0 Å². The zero-order chi connectivity index (χ0) is 21.2. The molecule has 1 aliphatic heterocycles. The van der Waals surface area contributed by atoms with E-state index >= 15 is 0 Å². The lowest BCUT2D eigenvalue weighted by Crippen LogP contribution is -2.53. The van der Waals surface area contributed by atoms with Crippen LogP contribution in [0.1, 0.15) is 57.6 Å². The van der Waals surface area contributed by atoms with Crippen LogP contribution in [-0.2, 0) is 16.0 Å². The lowest BCUT2D eigenvalue weighted by Gasteiger charge is -2.35. The Kier molecular flexibility index (Phi) is 11.7. The molecule has 0 spiro atoms. The summed E-state index contributed by atoms with van der Waals surface area (Å²) in [5.74, 6) is 2.73. The SMILES string of the molecule is COCCC(=O)N1CCC(NC(=NCCc2ccco2)NC2CCCCC2C)CC1.I. The maximum absolute atomic E-state index is 12.2. The molecule has 1 amide bonds. The first-order valence-corrected chi connectivity index (χ1v) is 11.5. The fraction of sp³-hybridized carbons (Fsp3) is 0.739. The largest absolute Gasteiger partial charge is 0.469 e. The molecule has 1 saturated carbocycles. The monoisotopic (exact) mass is 546 g/mol. The molecule has 0 bridgehead atoms. The Bertz CT molecular complexity index is 660. The average Bonchev–Trinajstić information content (AvgIpc) is 3.27. The summed E-state index contributed by atoms with van der Waals surface area (Å²) in [7, 11) is 1.64. The number of hydrogen-bond donors (Lipinski definition) is 2. The Balaban J connectivity index is 0.00000341. The van der Waals surface area contributed by atoms with Gasteiger partial charge in [0, 0.05) is 45.2 Å². The minimum Gasteiger partial charge on any atom is -0.469 e. The second-order valence-electron chi connectivity index (χ2n) is 8.61. The summed E-state index contributed by atoms with van der Waals surface area (Å²) in [6, 6.07) is 4.73. The number of nitrogens with one attached hydrogen (secondary N) is 2. The van der Waals surface area contributed by atoms with Crippen LogP contribution in [0.2, 0.25) is 0 Å². The van der Waals surface area contributed by atoms with Gasteiger partial charge in [-0.15, -0.1) is 24.0 Å². The van der Waals surface area contributed by atoms with Gasteiger partial charge < -0.3 is 24.7 Å². The van der Waals surface area contributed by atoms with Crippen LogP contribution in [0.4, 0.5) is 0 Å². The molecule has 1 aliphatic carbocycles. The van der Waals surface area contributed by atoms with Crippen LogP contribution in [0.25, 0.3) is 0 Å². The molecule has 3 rings (SSSR count). The first-order valence-electron chi connectivity index (χ1n) is 11.5. The summed E-state index contributed by atoms with van der Waals surface area (Å²) in [6.45, 7) is 5.10. The molecule has 31 heavy (non-hydrogen) atoms. The third kappa shape index (κ3) is 8.63. The molecule has 176 valence electrons. The number of likely N-dealkylation sites (tertiary alicyclic amines) is 1. The maximum atomic E-state index is 12.2. The fourth-order valence-corrected chi connectivity index (χ4v) is 4.39. The topological polar surface area (TPSA) is 79.1 Å². The molecule has 2 unspecified atom stereocenters. The number of hydrogen-bond acceptors (Lipinski definition) is 4. The molecular formula is C23H39IN4O3. The summed E-state index contributed by atoms with van der Waals surface area (Å²) in [6.07, 6.45) is 9.95. The van der Waals surface area contributed by atoms with E-state index < -0.39 is 0 Å². The number of furan rings is 1. The molecule has 1 saturated heterocycles. The van der Waals surface area contributed by atoms with E-state index in [-0.39, 0.29) is 29.9 Å². The van der Waals surface area contributed by atoms with E-state index in [4.69, 9.17) is 14.1 Å². The predicted molar refractivity (Wildman–Crippen MR) is 134 cm³/mol. The molecule has 2 fully saturated rings. The standard InChI is InChI=1S/C23H38N4O3.HI/c1-18-6-3-4-8-21(18)26-23(24-13-9-20-7-5-16-30-20)25-19-10-14-27(15-11-19)22(28)12-17-29-2;/h5,7,16,18-19,21H,3-4,6,8-15,17H2,1-2H3,(H2,24,25,26);1H. The van der Waals surface area contributed by atoms with E-state index in [0.717, 1.165) is 44.1 Å². The Labute approximate surface area is 203 Å². The van der Waals surface area contributed by atoms with Crippen molar-refractivity contribution in [2.75, 3.05) is 33.4 Å². The van der Waals surface area contributed by atoms with E-state index in [2.05, 4.69) is 17.6 Å². The van der Waals surface area contributed by atoms with Gasteiger partial charge in [0.15, 0.2) is 5.96 Å². The van der Waals surface area contributed by atoms with Crippen LogP contribution in [0.5, 0.6) is 0 Å². The van der Waals surface area contributed by atoms with Gasteiger partial charge in [0.05, 0.1) is 19.3 Å². The second kappa shape index (κ2) is 14.0. The highest BCUT2D eigenvalue weighted by Gasteiger charge is 2.26. The predicted octanol–water partition coefficient (Wildman–Crippen LogP) is 3.58. The summed E-state index contributed by atoms with van der Waals surface area (Å²) in [5, 5.41) is 7.36. The number of piperidine rings is 1. The van der Waals surface area contributed by atoms with Crippen LogP contribution in [0.3, 0.4) is 0 Å². The number of rotatable bonds is 8. The molecule has 2 N–H and O–H groups in total. The van der Waals surface area contributed by atoms with Crippen LogP contribution in [0, 0.1) is 5.92 Å². The maximum Gasteiger partial charge on any atom is 0.224 e. The third-order valence-corrected chi connectivity index (χ3v) is 6.35. The van der Waals surface area contributed by atoms with Crippen LogP contribution >= 0.6 is 24.0 Å². The molecule has 1 aromatic heterocycles. The Morgan fingerprint density at radius 1 is 1.23 bits per heavy atom. The lowest BCUT2D eigenvalue weighted by molar-refractivity contribution is -0.133. The van der Waals surface area contributed by atoms with E-state index in [0.29, 0.717) is 37.6 Å². The van der Waals surface area contributed by atoms with E-state index in [9.17, 15) is 4.79 Å². The van der Waals surface area contributed by atoms with Gasteiger partial charge in [-0.05, 0) is 43.7 Å². The third-order valence-electron chi connectivity index (χ3n) is 6.35. The van der Waals surface area contributed by atoms with Crippen molar-refractivity contribution in [3.05, 3.63) is 24.2 Å². The summed E-state index contributed by atoms with van der Waals surface area (Å²) >= 11 is 0. The molecule has 7 nitrogen and oxygen atoms in total. The highest BCUT2D eigenvalue weighted by atomic mass is 127. The van der Waals surface area contributed by atoms with E-state index in [1.54, 1.807) is 13.4 Å². The zero-order valence-electron chi connectivity index (χ0n) is 19.0. The normalized spacial score (nSPS) is 22.6. The van der Waals surface area contributed by atoms with Crippen LogP contribution < -0.4 is 10.6 Å². The number of carbonyl (C=O) groups is 1. The van der Waals surface area contributed by atoms with Crippen molar-refractivity contribution in [2.24, 2.45) is 10.9 Å². The molecule has 2 atom stereocenters. The van der Waals surface area contributed by atoms with Crippen molar-refractivity contribution >= 4 is 35.8 Å². The summed E-state index contributed by atoms with van der Waals surface area (Å²) in [4.78, 5) is 19.0. The molecule has 2 aliphatic rings. The molecule has 1 aromatic rings. The Morgan fingerprint density at radius 2 is 2.00 bits per heavy atom. The Morgan fingerprint density at radius 3 is 2.68 bits per heavy atom. The number of ether oxygens (including phenoxy) is 1. The van der Waals surface area contributed by atoms with Crippen molar-refractivity contribution in [1.82, 2.24) is 15.5 Å². The molecule has 0 radical (unpaired) electrons. The molecule has 2 heterocycles. The number of amides is 1. The summed E-state index contributed by atoms with van der Waals surface area (Å²) < 4.78 is 10.5. The molecule has 0 aromatic carbocycles. The van der Waals surface area contributed by atoms with Crippen molar-refractivity contribution in [3.8, 4) is 0 Å². The number of methoxy groups -OCH3 is 1.